The summed E-state index contributed by atoms with van der Waals surface area (Å²) in [4.78, 5) is 4.17. The third-order valence-electron chi connectivity index (χ3n) is 2.80. The molecule has 0 saturated carbocycles. The van der Waals surface area contributed by atoms with Crippen LogP contribution in [0.1, 0.15) is 0 Å². The molecule has 0 N–H and O–H groups in total. The number of anilines is 2. The van der Waals surface area contributed by atoms with Crippen LogP contribution in [0.25, 0.3) is 0 Å². The largest absolute Gasteiger partial charge is 1.00 e. The molecule has 0 spiro atoms. The van der Waals surface area contributed by atoms with Crippen molar-refractivity contribution in [3.63, 3.8) is 0 Å². The second kappa shape index (κ2) is 15.7. The van der Waals surface area contributed by atoms with Crippen molar-refractivity contribution < 1.29 is 85.1 Å². The van der Waals surface area contributed by atoms with Crippen LogP contribution in [0.5, 0.6) is 0 Å². The Labute approximate surface area is 211 Å². The summed E-state index contributed by atoms with van der Waals surface area (Å²) < 4.78 is 55.2. The topological polar surface area (TPSA) is 121 Å². The number of nitrogens with zero attached hydrogens (tertiary/aromatic N) is 2. The predicted molar refractivity (Wildman–Crippen MR) is 101 cm³/mol. The Balaban J connectivity index is -0.000000324. The summed E-state index contributed by atoms with van der Waals surface area (Å²) in [6, 6.07) is 20.5. The van der Waals surface area contributed by atoms with Gasteiger partial charge in [-0.1, -0.05) is 36.4 Å². The van der Waals surface area contributed by atoms with E-state index in [4.69, 9.17) is 0 Å². The van der Waals surface area contributed by atoms with Crippen molar-refractivity contribution in [2.24, 2.45) is 0 Å². The number of para-hydroxylation sites is 2. The van der Waals surface area contributed by atoms with Crippen molar-refractivity contribution >= 4 is 29.7 Å². The maximum atomic E-state index is 9.20. The van der Waals surface area contributed by atoms with Gasteiger partial charge in [-0.2, -0.15) is 0 Å². The summed E-state index contributed by atoms with van der Waals surface area (Å²) in [6.07, 6.45) is 0. The Hall–Kier alpha value is -0.140. The van der Waals surface area contributed by atoms with Crippen molar-refractivity contribution in [2.45, 2.75) is 0 Å². The summed E-state index contributed by atoms with van der Waals surface area (Å²) in [6.45, 7) is 0. The third kappa shape index (κ3) is 14.8. The molecule has 2 aromatic carbocycles. The molecule has 0 aromatic heterocycles. The molecule has 0 bridgehead atoms. The van der Waals surface area contributed by atoms with E-state index >= 15 is 0 Å². The first kappa shape index (κ1) is 32.5. The SMILES string of the molecule is CN(C)c1ccccc1.CN(C)c1ccccc1.O=S(=O)([O-])S(=O)(=O)[O-].[Na+].[Na+]. The van der Waals surface area contributed by atoms with E-state index in [-0.39, 0.29) is 59.1 Å². The molecule has 146 valence electrons. The van der Waals surface area contributed by atoms with Gasteiger partial charge in [-0.15, -0.1) is 0 Å². The number of benzene rings is 2. The van der Waals surface area contributed by atoms with Gasteiger partial charge in [-0.25, -0.2) is 16.8 Å². The molecule has 0 aliphatic rings. The molecule has 0 atom stereocenters. The van der Waals surface area contributed by atoms with Gasteiger partial charge in [0.05, 0.1) is 0 Å². The van der Waals surface area contributed by atoms with E-state index in [2.05, 4.69) is 34.1 Å². The maximum Gasteiger partial charge on any atom is 1.00 e. The minimum Gasteiger partial charge on any atom is -0.736 e. The second-order valence-corrected chi connectivity index (χ2v) is 9.36. The molecule has 28 heavy (non-hydrogen) atoms. The van der Waals surface area contributed by atoms with Crippen LogP contribution in [0.2, 0.25) is 0 Å². The molecule has 0 heterocycles. The maximum absolute atomic E-state index is 9.20. The smallest absolute Gasteiger partial charge is 0.736 e. The number of hydrogen-bond donors (Lipinski definition) is 0. The quantitative estimate of drug-likeness (QED) is 0.262. The van der Waals surface area contributed by atoms with Gasteiger partial charge in [0.25, 0.3) is 0 Å². The summed E-state index contributed by atoms with van der Waals surface area (Å²) in [5.74, 6) is 0. The summed E-state index contributed by atoms with van der Waals surface area (Å²) in [5, 5.41) is 0. The van der Waals surface area contributed by atoms with Crippen LogP contribution in [0.4, 0.5) is 11.4 Å². The van der Waals surface area contributed by atoms with Crippen molar-refractivity contribution in [1.29, 1.82) is 0 Å². The van der Waals surface area contributed by atoms with Crippen LogP contribution >= 0.6 is 0 Å². The Morgan fingerprint density at radius 1 is 0.571 bits per heavy atom. The molecule has 0 saturated heterocycles. The molecular weight excluding hydrogens is 426 g/mol. The van der Waals surface area contributed by atoms with Crippen molar-refractivity contribution in [3.05, 3.63) is 60.7 Å². The fraction of sp³-hybridized carbons (Fsp3) is 0.250. The normalized spacial score (nSPS) is 9.79. The van der Waals surface area contributed by atoms with Gasteiger partial charge in [-0.3, -0.25) is 0 Å². The van der Waals surface area contributed by atoms with E-state index in [0.717, 1.165) is 0 Å². The zero-order valence-electron chi connectivity index (χ0n) is 16.9. The average molecular weight is 448 g/mol. The van der Waals surface area contributed by atoms with E-state index in [0.29, 0.717) is 0 Å². The predicted octanol–water partition coefficient (Wildman–Crippen LogP) is -4.49. The third-order valence-corrected chi connectivity index (χ3v) is 4.80. The van der Waals surface area contributed by atoms with Gasteiger partial charge in [-0.05, 0) is 24.3 Å². The fourth-order valence-corrected chi connectivity index (χ4v) is 1.45. The van der Waals surface area contributed by atoms with E-state index < -0.39 is 18.3 Å². The standard InChI is InChI=1S/2C8H11N.2Na.H2O6S2/c2*1-9(2)8-6-4-3-5-7-8;;;1-7(2,3)8(4,5)6/h2*3-7H,1-2H3;;;(H,1,2,3)(H,4,5,6)/q;;2*+1;/p-2. The zero-order chi connectivity index (χ0) is 20.4. The number of rotatable bonds is 3. The van der Waals surface area contributed by atoms with Gasteiger partial charge in [0.2, 0.25) is 0 Å². The molecule has 2 aromatic rings. The number of hydrogen-bond acceptors (Lipinski definition) is 8. The van der Waals surface area contributed by atoms with Crippen LogP contribution in [0, 0.1) is 0 Å². The molecule has 0 aliphatic heterocycles. The zero-order valence-corrected chi connectivity index (χ0v) is 22.6. The van der Waals surface area contributed by atoms with Crippen LogP contribution in [0.15, 0.2) is 60.7 Å². The molecule has 8 nitrogen and oxygen atoms in total. The molecule has 2 rings (SSSR count). The van der Waals surface area contributed by atoms with E-state index in [1.807, 2.05) is 64.6 Å². The van der Waals surface area contributed by atoms with Crippen LogP contribution in [0.3, 0.4) is 0 Å². The average Bonchev–Trinajstić information content (AvgIpc) is 2.56. The molecule has 0 amide bonds. The monoisotopic (exact) mass is 448 g/mol. The van der Waals surface area contributed by atoms with Crippen molar-refractivity contribution in [1.82, 2.24) is 0 Å². The first-order valence-electron chi connectivity index (χ1n) is 7.22. The van der Waals surface area contributed by atoms with Crippen molar-refractivity contribution in [2.75, 3.05) is 38.0 Å². The minimum atomic E-state index is -5.67. The van der Waals surface area contributed by atoms with Crippen molar-refractivity contribution in [3.8, 4) is 0 Å². The van der Waals surface area contributed by atoms with Gasteiger partial charge in [0.15, 0.2) is 18.3 Å². The first-order chi connectivity index (χ1) is 11.9. The van der Waals surface area contributed by atoms with E-state index in [1.165, 1.54) is 11.4 Å². The summed E-state index contributed by atoms with van der Waals surface area (Å²) in [5.41, 5.74) is 2.50. The summed E-state index contributed by atoms with van der Waals surface area (Å²) in [7, 11) is -3.20. The van der Waals surface area contributed by atoms with Crippen LogP contribution in [-0.2, 0) is 18.3 Å². The molecule has 0 unspecified atom stereocenters. The first-order valence-corrected chi connectivity index (χ1v) is 10.6. The molecular formula is C16H22N2Na2O6S2. The van der Waals surface area contributed by atoms with Gasteiger partial charge < -0.3 is 18.9 Å². The van der Waals surface area contributed by atoms with Crippen LogP contribution in [-0.4, -0.2) is 54.1 Å². The van der Waals surface area contributed by atoms with Gasteiger partial charge >= 0.3 is 59.1 Å². The Morgan fingerprint density at radius 3 is 0.893 bits per heavy atom. The Kier molecular flexibility index (Phi) is 18.2. The Morgan fingerprint density at radius 2 is 0.786 bits per heavy atom. The second-order valence-electron chi connectivity index (χ2n) is 5.28. The fourth-order valence-electron chi connectivity index (χ4n) is 1.45. The van der Waals surface area contributed by atoms with Crippen LogP contribution < -0.4 is 68.9 Å². The summed E-state index contributed by atoms with van der Waals surface area (Å²) >= 11 is 0. The molecule has 0 fully saturated rings. The molecule has 0 radical (unpaired) electrons. The molecule has 0 aliphatic carbocycles. The van der Waals surface area contributed by atoms with Gasteiger partial charge in [0, 0.05) is 39.6 Å². The minimum absolute atomic E-state index is 0. The van der Waals surface area contributed by atoms with Gasteiger partial charge in [0.1, 0.15) is 0 Å². The van der Waals surface area contributed by atoms with E-state index in [1.54, 1.807) is 0 Å². The molecule has 12 heteroatoms. The Bertz CT molecular complexity index is 774. The van der Waals surface area contributed by atoms with E-state index in [9.17, 15) is 25.9 Å².